The van der Waals surface area contributed by atoms with E-state index in [1.54, 1.807) is 0 Å². The summed E-state index contributed by atoms with van der Waals surface area (Å²) in [7, 11) is 0. The van der Waals surface area contributed by atoms with Crippen LogP contribution >= 0.6 is 11.3 Å². The summed E-state index contributed by atoms with van der Waals surface area (Å²) in [5.74, 6) is -2.04. The first-order valence-electron chi connectivity index (χ1n) is 8.77. The van der Waals surface area contributed by atoms with E-state index in [1.165, 1.54) is 23.5 Å². The summed E-state index contributed by atoms with van der Waals surface area (Å²) >= 11 is 1.26. The average Bonchev–Trinajstić information content (AvgIpc) is 3.14. The minimum Gasteiger partial charge on any atom is -0.404 e. The molecule has 0 aliphatic carbocycles. The van der Waals surface area contributed by atoms with Gasteiger partial charge in [0.2, 0.25) is 5.13 Å². The van der Waals surface area contributed by atoms with E-state index in [2.05, 4.69) is 20.4 Å². The summed E-state index contributed by atoms with van der Waals surface area (Å²) in [5, 5.41) is 19.9. The molecule has 4 rings (SSSR count). The topological polar surface area (TPSA) is 90.9 Å². The number of aromatic nitrogens is 2. The van der Waals surface area contributed by atoms with Gasteiger partial charge in [0.25, 0.3) is 0 Å². The molecule has 0 unspecified atom stereocenters. The average molecular weight is 390 g/mol. The van der Waals surface area contributed by atoms with E-state index in [0.29, 0.717) is 10.4 Å². The molecule has 6 nitrogen and oxygen atoms in total. The van der Waals surface area contributed by atoms with Crippen LogP contribution in [0.1, 0.15) is 18.4 Å². The first-order valence-corrected chi connectivity index (χ1v) is 9.59. The van der Waals surface area contributed by atoms with Crippen molar-refractivity contribution in [2.24, 2.45) is 11.1 Å². The van der Waals surface area contributed by atoms with Crippen LogP contribution in [0, 0.1) is 22.5 Å². The number of piperidine rings is 1. The van der Waals surface area contributed by atoms with Gasteiger partial charge in [0.05, 0.1) is 5.56 Å². The third kappa shape index (κ3) is 3.10. The molecule has 2 saturated heterocycles. The van der Waals surface area contributed by atoms with E-state index < -0.39 is 11.6 Å². The number of nitrogens with one attached hydrogen (secondary N) is 2. The van der Waals surface area contributed by atoms with E-state index in [4.69, 9.17) is 11.1 Å². The molecule has 1 aromatic carbocycles. The van der Waals surface area contributed by atoms with Gasteiger partial charge < -0.3 is 21.4 Å². The molecule has 142 valence electrons. The molecule has 9 heteroatoms. The molecule has 0 saturated carbocycles. The van der Waals surface area contributed by atoms with Crippen molar-refractivity contribution in [1.82, 2.24) is 15.5 Å². The second-order valence-electron chi connectivity index (χ2n) is 7.05. The van der Waals surface area contributed by atoms with E-state index in [0.717, 1.165) is 56.6 Å². The largest absolute Gasteiger partial charge is 0.404 e. The predicted molar refractivity (Wildman–Crippen MR) is 103 cm³/mol. The van der Waals surface area contributed by atoms with Crippen molar-refractivity contribution in [3.63, 3.8) is 0 Å². The summed E-state index contributed by atoms with van der Waals surface area (Å²) in [4.78, 5) is 2.15. The second-order valence-corrected chi connectivity index (χ2v) is 8.01. The smallest absolute Gasteiger partial charge is 0.208 e. The Hall–Kier alpha value is -2.39. The lowest BCUT2D eigenvalue weighted by molar-refractivity contribution is 0.149. The van der Waals surface area contributed by atoms with Gasteiger partial charge in [-0.1, -0.05) is 17.4 Å². The number of hydrogen-bond donors (Lipinski definition) is 3. The second kappa shape index (κ2) is 6.97. The molecule has 1 spiro atoms. The fourth-order valence-electron chi connectivity index (χ4n) is 3.78. The molecule has 0 radical (unpaired) electrons. The molecule has 2 fully saturated rings. The van der Waals surface area contributed by atoms with Gasteiger partial charge in [0.1, 0.15) is 0 Å². The molecule has 2 aliphatic heterocycles. The maximum absolute atomic E-state index is 14.6. The summed E-state index contributed by atoms with van der Waals surface area (Å²) < 4.78 is 29.0. The van der Waals surface area contributed by atoms with Crippen LogP contribution in [-0.2, 0) is 0 Å². The van der Waals surface area contributed by atoms with Crippen LogP contribution < -0.4 is 16.0 Å². The van der Waals surface area contributed by atoms with Gasteiger partial charge in [-0.2, -0.15) is 0 Å². The molecule has 0 bridgehead atoms. The lowest BCUT2D eigenvalue weighted by atomic mass is 9.73. The molecular formula is C18H20F2N6S. The number of hydrogen-bond acceptors (Lipinski definition) is 7. The Morgan fingerprint density at radius 3 is 2.63 bits per heavy atom. The standard InChI is InChI=1S/C18H20F2N6S/c19-14-12(11(7-21)8-22)1-2-13(15(14)20)16-24-25-17(27-16)26-9-18(10-26)3-5-23-6-4-18/h1-2,7-8,21,23H,3-6,9-10,22H2. The number of anilines is 1. The quantitative estimate of drug-likeness (QED) is 0.698. The van der Waals surface area contributed by atoms with Gasteiger partial charge in [0, 0.05) is 42.1 Å². The Morgan fingerprint density at radius 2 is 1.96 bits per heavy atom. The number of rotatable bonds is 4. The lowest BCUT2D eigenvalue weighted by Crippen LogP contribution is -2.60. The molecule has 1 aromatic heterocycles. The van der Waals surface area contributed by atoms with Crippen molar-refractivity contribution in [2.75, 3.05) is 31.1 Å². The Kier molecular flexibility index (Phi) is 4.65. The minimum absolute atomic E-state index is 0.0471. The predicted octanol–water partition coefficient (Wildman–Crippen LogP) is 2.62. The zero-order valence-electron chi connectivity index (χ0n) is 14.6. The van der Waals surface area contributed by atoms with E-state index in [-0.39, 0.29) is 16.7 Å². The summed E-state index contributed by atoms with van der Waals surface area (Å²) in [5.41, 5.74) is 5.86. The molecule has 4 N–H and O–H groups in total. The van der Waals surface area contributed by atoms with Crippen molar-refractivity contribution in [1.29, 1.82) is 5.41 Å². The van der Waals surface area contributed by atoms with E-state index in [1.807, 2.05) is 0 Å². The molecule has 3 heterocycles. The van der Waals surface area contributed by atoms with Crippen LogP contribution in [0.15, 0.2) is 18.3 Å². The number of benzene rings is 1. The highest BCUT2D eigenvalue weighted by atomic mass is 32.1. The molecule has 27 heavy (non-hydrogen) atoms. The van der Waals surface area contributed by atoms with Crippen molar-refractivity contribution >= 4 is 28.3 Å². The van der Waals surface area contributed by atoms with Gasteiger partial charge >= 0.3 is 0 Å². The molecule has 2 aliphatic rings. The van der Waals surface area contributed by atoms with Crippen LogP contribution in [0.5, 0.6) is 0 Å². The van der Waals surface area contributed by atoms with Crippen LogP contribution in [-0.4, -0.2) is 42.6 Å². The van der Waals surface area contributed by atoms with Crippen LogP contribution in [0.3, 0.4) is 0 Å². The lowest BCUT2D eigenvalue weighted by Gasteiger charge is -2.52. The molecule has 0 atom stereocenters. The van der Waals surface area contributed by atoms with Crippen molar-refractivity contribution in [2.45, 2.75) is 12.8 Å². The van der Waals surface area contributed by atoms with Crippen molar-refractivity contribution in [3.8, 4) is 10.6 Å². The number of halogens is 2. The van der Waals surface area contributed by atoms with Crippen LogP contribution in [0.25, 0.3) is 16.1 Å². The summed E-state index contributed by atoms with van der Waals surface area (Å²) in [6, 6.07) is 2.86. The summed E-state index contributed by atoms with van der Waals surface area (Å²) in [6.07, 6.45) is 4.27. The maximum Gasteiger partial charge on any atom is 0.208 e. The maximum atomic E-state index is 14.6. The van der Waals surface area contributed by atoms with Gasteiger partial charge in [0.15, 0.2) is 16.6 Å². The minimum atomic E-state index is -1.04. The van der Waals surface area contributed by atoms with Gasteiger partial charge in [-0.25, -0.2) is 8.78 Å². The first-order chi connectivity index (χ1) is 13.1. The highest BCUT2D eigenvalue weighted by molar-refractivity contribution is 7.18. The van der Waals surface area contributed by atoms with Crippen LogP contribution in [0.2, 0.25) is 0 Å². The van der Waals surface area contributed by atoms with Gasteiger partial charge in [-0.3, -0.25) is 0 Å². The number of nitrogens with zero attached hydrogens (tertiary/aromatic N) is 3. The Morgan fingerprint density at radius 1 is 1.22 bits per heavy atom. The Labute approximate surface area is 159 Å². The number of allylic oxidation sites excluding steroid dienone is 1. The highest BCUT2D eigenvalue weighted by Crippen LogP contribution is 2.43. The van der Waals surface area contributed by atoms with Gasteiger partial charge in [-0.15, -0.1) is 10.2 Å². The zero-order chi connectivity index (χ0) is 19.0. The third-order valence-corrected chi connectivity index (χ3v) is 6.38. The Bertz CT molecular complexity index is 895. The monoisotopic (exact) mass is 390 g/mol. The molecule has 0 amide bonds. The SMILES string of the molecule is N=CC(=CN)c1ccc(-c2nnc(N3CC4(CCNCC4)C3)s2)c(F)c1F. The Balaban J connectivity index is 1.55. The van der Waals surface area contributed by atoms with E-state index in [9.17, 15) is 8.78 Å². The van der Waals surface area contributed by atoms with Crippen LogP contribution in [0.4, 0.5) is 13.9 Å². The van der Waals surface area contributed by atoms with Crippen molar-refractivity contribution in [3.05, 3.63) is 35.5 Å². The molecular weight excluding hydrogens is 370 g/mol. The normalized spacial score (nSPS) is 19.2. The van der Waals surface area contributed by atoms with Gasteiger partial charge in [-0.05, 0) is 32.0 Å². The fraction of sp³-hybridized carbons (Fsp3) is 0.389. The zero-order valence-corrected chi connectivity index (χ0v) is 15.5. The van der Waals surface area contributed by atoms with Crippen molar-refractivity contribution < 1.29 is 8.78 Å². The summed E-state index contributed by atoms with van der Waals surface area (Å²) in [6.45, 7) is 3.95. The van der Waals surface area contributed by atoms with E-state index >= 15 is 0 Å². The first kappa shape index (κ1) is 18.0. The highest BCUT2D eigenvalue weighted by Gasteiger charge is 2.44. The third-order valence-electron chi connectivity index (χ3n) is 5.36. The molecule has 2 aromatic rings. The number of nitrogens with two attached hydrogens (primary N) is 1. The fourth-order valence-corrected chi connectivity index (χ4v) is 4.64.